The van der Waals surface area contributed by atoms with Gasteiger partial charge in [-0.25, -0.2) is 13.2 Å². The van der Waals surface area contributed by atoms with Crippen LogP contribution in [0.1, 0.15) is 51.0 Å². The summed E-state index contributed by atoms with van der Waals surface area (Å²) in [6.07, 6.45) is 7.68. The Morgan fingerprint density at radius 2 is 1.97 bits per heavy atom. The number of rotatable bonds is 5. The van der Waals surface area contributed by atoms with E-state index in [9.17, 15) is 18.0 Å². The predicted molar refractivity (Wildman–Crippen MR) is 119 cm³/mol. The van der Waals surface area contributed by atoms with Crippen LogP contribution in [0, 0.1) is 24.1 Å². The van der Waals surface area contributed by atoms with Crippen LogP contribution < -0.4 is 16.0 Å². The molecule has 0 radical (unpaired) electrons. The number of fused-ring (bicyclic) bond motifs is 1. The summed E-state index contributed by atoms with van der Waals surface area (Å²) in [6, 6.07) is 2.80. The maximum Gasteiger partial charge on any atom is 0.255 e. The molecule has 1 aromatic heterocycles. The topological polar surface area (TPSA) is 68.1 Å². The molecule has 32 heavy (non-hydrogen) atoms. The van der Waals surface area contributed by atoms with Crippen molar-refractivity contribution in [2.45, 2.75) is 64.5 Å². The van der Waals surface area contributed by atoms with E-state index in [2.05, 4.69) is 4.98 Å². The fraction of sp³-hybridized carbons (Fsp3) is 0.480. The Labute approximate surface area is 185 Å². The number of halogens is 3. The number of H-pyrrole nitrogens is 1. The number of pyridine rings is 1. The minimum atomic E-state index is -0.806. The average Bonchev–Trinajstić information content (AvgIpc) is 2.79. The Bertz CT molecular complexity index is 1130. The summed E-state index contributed by atoms with van der Waals surface area (Å²) in [5, 5.41) is 0.942. The van der Waals surface area contributed by atoms with E-state index in [0.717, 1.165) is 6.42 Å². The second-order valence-corrected chi connectivity index (χ2v) is 9.07. The number of aromatic amines is 1. The van der Waals surface area contributed by atoms with E-state index in [4.69, 9.17) is 10.5 Å². The van der Waals surface area contributed by atoms with Crippen LogP contribution in [-0.4, -0.2) is 17.1 Å². The van der Waals surface area contributed by atoms with Gasteiger partial charge in [-0.2, -0.15) is 0 Å². The van der Waals surface area contributed by atoms with Crippen LogP contribution in [0.2, 0.25) is 0 Å². The van der Waals surface area contributed by atoms with Crippen LogP contribution >= 0.6 is 0 Å². The van der Waals surface area contributed by atoms with Gasteiger partial charge in [-0.3, -0.25) is 4.79 Å². The molecule has 4 nitrogen and oxygen atoms in total. The highest BCUT2D eigenvalue weighted by atomic mass is 19.2. The number of hydrogen-bond acceptors (Lipinski definition) is 3. The fourth-order valence-corrected chi connectivity index (χ4v) is 5.48. The third kappa shape index (κ3) is 3.87. The van der Waals surface area contributed by atoms with Crippen molar-refractivity contribution in [1.29, 1.82) is 0 Å². The maximum absolute atomic E-state index is 14.8. The van der Waals surface area contributed by atoms with Crippen molar-refractivity contribution in [3.05, 3.63) is 63.9 Å². The van der Waals surface area contributed by atoms with Gasteiger partial charge in [0, 0.05) is 24.2 Å². The highest BCUT2D eigenvalue weighted by molar-refractivity contribution is 5.86. The standard InChI is InChI=1S/C25H29F3N2O2/c1-3-22(29)25(15-4-5-19(26)20(27)12-15)9-6-16(7-10-25)32-23-14(2)17-8-11-30-24(31)18(17)13-21(23)28/h4-5,8,11,13,15-16,22H,3,6-7,9-10,12,29H2,1-2H3,(H,30,31)/t15?,16-,22?,25+. The van der Waals surface area contributed by atoms with Gasteiger partial charge < -0.3 is 15.5 Å². The lowest BCUT2D eigenvalue weighted by atomic mass is 9.59. The molecule has 1 saturated carbocycles. The molecule has 0 bridgehead atoms. The van der Waals surface area contributed by atoms with Gasteiger partial charge in [0.1, 0.15) is 5.83 Å². The van der Waals surface area contributed by atoms with E-state index >= 15 is 0 Å². The Morgan fingerprint density at radius 1 is 1.25 bits per heavy atom. The zero-order chi connectivity index (χ0) is 23.0. The quantitative estimate of drug-likeness (QED) is 0.615. The average molecular weight is 447 g/mol. The molecule has 1 fully saturated rings. The van der Waals surface area contributed by atoms with Crippen LogP contribution in [0.25, 0.3) is 10.8 Å². The molecule has 2 unspecified atom stereocenters. The molecule has 0 amide bonds. The lowest BCUT2D eigenvalue weighted by Gasteiger charge is -2.48. The summed E-state index contributed by atoms with van der Waals surface area (Å²) in [7, 11) is 0. The molecule has 3 N–H and O–H groups in total. The van der Waals surface area contributed by atoms with Crippen molar-refractivity contribution in [3.8, 4) is 5.75 Å². The van der Waals surface area contributed by atoms with Crippen molar-refractivity contribution in [2.24, 2.45) is 17.1 Å². The number of hydrogen-bond donors (Lipinski definition) is 2. The molecular weight excluding hydrogens is 417 g/mol. The molecular formula is C25H29F3N2O2. The molecule has 2 aliphatic carbocycles. The molecule has 2 aromatic rings. The van der Waals surface area contributed by atoms with E-state index in [1.54, 1.807) is 19.1 Å². The van der Waals surface area contributed by atoms with E-state index in [1.165, 1.54) is 18.3 Å². The monoisotopic (exact) mass is 446 g/mol. The second-order valence-electron chi connectivity index (χ2n) is 9.07. The fourth-order valence-electron chi connectivity index (χ4n) is 5.48. The summed E-state index contributed by atoms with van der Waals surface area (Å²) in [5.41, 5.74) is 6.41. The lowest BCUT2D eigenvalue weighted by molar-refractivity contribution is 0.0251. The highest BCUT2D eigenvalue weighted by Crippen LogP contribution is 2.50. The molecule has 7 heteroatoms. The molecule has 2 aliphatic rings. The number of nitrogens with one attached hydrogen (secondary N) is 1. The lowest BCUT2D eigenvalue weighted by Crippen LogP contribution is -2.50. The second kappa shape index (κ2) is 8.77. The Balaban J connectivity index is 1.55. The molecule has 1 heterocycles. The first-order chi connectivity index (χ1) is 15.3. The number of benzene rings is 1. The first kappa shape index (κ1) is 22.6. The number of aryl methyl sites for hydroxylation is 1. The largest absolute Gasteiger partial charge is 0.487 e. The molecule has 172 valence electrons. The summed E-state index contributed by atoms with van der Waals surface area (Å²) in [6.45, 7) is 3.75. The van der Waals surface area contributed by atoms with Gasteiger partial charge in [-0.05, 0) is 74.0 Å². The van der Waals surface area contributed by atoms with E-state index in [-0.39, 0.29) is 46.6 Å². The van der Waals surface area contributed by atoms with Crippen LogP contribution in [0.3, 0.4) is 0 Å². The number of allylic oxidation sites excluding steroid dienone is 4. The van der Waals surface area contributed by atoms with Gasteiger partial charge in [0.25, 0.3) is 5.56 Å². The number of ether oxygens (including phenoxy) is 1. The van der Waals surface area contributed by atoms with Crippen LogP contribution in [0.5, 0.6) is 5.75 Å². The van der Waals surface area contributed by atoms with Gasteiger partial charge in [0.2, 0.25) is 0 Å². The first-order valence-electron chi connectivity index (χ1n) is 11.2. The summed E-state index contributed by atoms with van der Waals surface area (Å²) in [5.74, 6) is -2.11. The van der Waals surface area contributed by atoms with Gasteiger partial charge in [-0.1, -0.05) is 13.0 Å². The smallest absolute Gasteiger partial charge is 0.255 e. The van der Waals surface area contributed by atoms with Crippen LogP contribution in [0.15, 0.2) is 46.9 Å². The molecule has 0 saturated heterocycles. The van der Waals surface area contributed by atoms with E-state index < -0.39 is 17.5 Å². The van der Waals surface area contributed by atoms with Crippen molar-refractivity contribution in [2.75, 3.05) is 0 Å². The number of aromatic nitrogens is 1. The zero-order valence-electron chi connectivity index (χ0n) is 18.4. The van der Waals surface area contributed by atoms with Crippen molar-refractivity contribution >= 4 is 10.8 Å². The van der Waals surface area contributed by atoms with Crippen LogP contribution in [-0.2, 0) is 0 Å². The predicted octanol–water partition coefficient (Wildman–Crippen LogP) is 5.75. The van der Waals surface area contributed by atoms with Gasteiger partial charge in [-0.15, -0.1) is 0 Å². The molecule has 1 aromatic carbocycles. The molecule has 0 spiro atoms. The van der Waals surface area contributed by atoms with E-state index in [1.807, 2.05) is 6.92 Å². The Morgan fingerprint density at radius 3 is 2.62 bits per heavy atom. The number of nitrogens with two attached hydrogens (primary N) is 1. The van der Waals surface area contributed by atoms with Crippen molar-refractivity contribution in [1.82, 2.24) is 4.98 Å². The van der Waals surface area contributed by atoms with Gasteiger partial charge in [0.15, 0.2) is 17.4 Å². The normalized spacial score (nSPS) is 27.1. The first-order valence-corrected chi connectivity index (χ1v) is 11.2. The molecule has 2 atom stereocenters. The molecule has 4 rings (SSSR count). The highest BCUT2D eigenvalue weighted by Gasteiger charge is 2.46. The zero-order valence-corrected chi connectivity index (χ0v) is 18.4. The van der Waals surface area contributed by atoms with Gasteiger partial charge >= 0.3 is 0 Å². The van der Waals surface area contributed by atoms with Crippen molar-refractivity contribution < 1.29 is 17.9 Å². The Hall–Kier alpha value is -2.54. The SMILES string of the molecule is CCC(N)[C@]1(C2C=CC(F)=C(F)C2)CC[C@H](Oc2c(F)cc3c(=O)[nH]ccc3c2C)CC1. The summed E-state index contributed by atoms with van der Waals surface area (Å²) >= 11 is 0. The molecule has 0 aliphatic heterocycles. The minimum absolute atomic E-state index is 0.0223. The summed E-state index contributed by atoms with van der Waals surface area (Å²) in [4.78, 5) is 14.6. The van der Waals surface area contributed by atoms with Crippen molar-refractivity contribution in [3.63, 3.8) is 0 Å². The minimum Gasteiger partial charge on any atom is -0.487 e. The van der Waals surface area contributed by atoms with Gasteiger partial charge in [0.05, 0.1) is 11.5 Å². The summed E-state index contributed by atoms with van der Waals surface area (Å²) < 4.78 is 48.5. The maximum atomic E-state index is 14.8. The Kier molecular flexibility index (Phi) is 6.21. The third-order valence-corrected chi connectivity index (χ3v) is 7.43. The van der Waals surface area contributed by atoms with Crippen LogP contribution in [0.4, 0.5) is 13.2 Å². The van der Waals surface area contributed by atoms with E-state index in [0.29, 0.717) is 36.6 Å². The third-order valence-electron chi connectivity index (χ3n) is 7.43.